The molecule has 0 spiro atoms. The van der Waals surface area contributed by atoms with Gasteiger partial charge in [-0.15, -0.1) is 11.3 Å². The quantitative estimate of drug-likeness (QED) is 0.541. The summed E-state index contributed by atoms with van der Waals surface area (Å²) in [7, 11) is 5.29. The molecule has 0 radical (unpaired) electrons. The highest BCUT2D eigenvalue weighted by atomic mass is 32.1. The van der Waals surface area contributed by atoms with Gasteiger partial charge in [0.2, 0.25) is 0 Å². The molecule has 3 rings (SSSR count). The minimum Gasteiger partial charge on any atom is -0.493 e. The highest BCUT2D eigenvalue weighted by molar-refractivity contribution is 7.10. The molecule has 2 heterocycles. The van der Waals surface area contributed by atoms with E-state index in [0.29, 0.717) is 24.5 Å². The average molecular weight is 475 g/mol. The lowest BCUT2D eigenvalue weighted by atomic mass is 10.0. The van der Waals surface area contributed by atoms with E-state index in [1.54, 1.807) is 25.6 Å². The predicted octanol–water partition coefficient (Wildman–Crippen LogP) is 1.92. The smallest absolute Gasteiger partial charge is 0.309 e. The predicted molar refractivity (Wildman–Crippen MR) is 130 cm³/mol. The van der Waals surface area contributed by atoms with E-state index in [9.17, 15) is 9.59 Å². The number of hydrogen-bond acceptors (Lipinski definition) is 7. The van der Waals surface area contributed by atoms with Gasteiger partial charge in [-0.05, 0) is 49.5 Å². The van der Waals surface area contributed by atoms with Crippen LogP contribution in [0.3, 0.4) is 0 Å². The van der Waals surface area contributed by atoms with Crippen LogP contribution in [0.25, 0.3) is 0 Å². The number of nitrogens with one attached hydrogen (secondary N) is 2. The van der Waals surface area contributed by atoms with Crippen LogP contribution in [0, 0.1) is 0 Å². The zero-order valence-corrected chi connectivity index (χ0v) is 20.6. The van der Waals surface area contributed by atoms with Gasteiger partial charge in [-0.2, -0.15) is 0 Å². The molecule has 0 saturated carbocycles. The molecule has 33 heavy (non-hydrogen) atoms. The minimum atomic E-state index is -0.620. The fourth-order valence-corrected chi connectivity index (χ4v) is 5.05. The van der Waals surface area contributed by atoms with Crippen LogP contribution in [-0.4, -0.2) is 81.6 Å². The highest BCUT2D eigenvalue weighted by Crippen LogP contribution is 2.29. The number of piperazine rings is 1. The van der Waals surface area contributed by atoms with Crippen molar-refractivity contribution in [1.29, 1.82) is 0 Å². The number of ether oxygens (including phenoxy) is 2. The van der Waals surface area contributed by atoms with Gasteiger partial charge in [0.15, 0.2) is 11.5 Å². The molecule has 0 aliphatic carbocycles. The van der Waals surface area contributed by atoms with Gasteiger partial charge in [0.25, 0.3) is 0 Å². The van der Waals surface area contributed by atoms with Crippen molar-refractivity contribution in [3.8, 4) is 11.5 Å². The molecule has 1 aliphatic heterocycles. The largest absolute Gasteiger partial charge is 0.493 e. The second-order valence-corrected chi connectivity index (χ2v) is 9.24. The molecular formula is C24H34N4O4S. The lowest BCUT2D eigenvalue weighted by Gasteiger charge is -2.40. The molecule has 9 heteroatoms. The summed E-state index contributed by atoms with van der Waals surface area (Å²) in [5.41, 5.74) is 0.981. The van der Waals surface area contributed by atoms with E-state index in [2.05, 4.69) is 33.5 Å². The van der Waals surface area contributed by atoms with Crippen molar-refractivity contribution in [2.45, 2.75) is 25.4 Å². The topological polar surface area (TPSA) is 83.1 Å². The van der Waals surface area contributed by atoms with Crippen molar-refractivity contribution in [2.24, 2.45) is 0 Å². The SMILES string of the molecule is COc1ccc(CCNC(=O)C(=O)N[C@H](C)[C@H](c2cccs2)N2CCN(C)CC2)cc1OC. The number of methoxy groups -OCH3 is 2. The van der Waals surface area contributed by atoms with Crippen molar-refractivity contribution in [1.82, 2.24) is 20.4 Å². The van der Waals surface area contributed by atoms with E-state index >= 15 is 0 Å². The van der Waals surface area contributed by atoms with Crippen molar-refractivity contribution in [3.05, 3.63) is 46.2 Å². The first kappa shape index (κ1) is 25.0. The molecule has 1 fully saturated rings. The van der Waals surface area contributed by atoms with Crippen LogP contribution < -0.4 is 20.1 Å². The van der Waals surface area contributed by atoms with Crippen LogP contribution in [-0.2, 0) is 16.0 Å². The fourth-order valence-electron chi connectivity index (χ4n) is 4.09. The number of hydrogen-bond donors (Lipinski definition) is 2. The number of amides is 2. The molecule has 1 aromatic heterocycles. The van der Waals surface area contributed by atoms with Crippen molar-refractivity contribution >= 4 is 23.2 Å². The molecule has 0 bridgehead atoms. The zero-order valence-electron chi connectivity index (χ0n) is 19.8. The number of thiophene rings is 1. The van der Waals surface area contributed by atoms with Crippen LogP contribution in [0.15, 0.2) is 35.7 Å². The number of likely N-dealkylation sites (N-methyl/N-ethyl adjacent to an activating group) is 1. The summed E-state index contributed by atoms with van der Waals surface area (Å²) in [6.07, 6.45) is 0.577. The number of benzene rings is 1. The van der Waals surface area contributed by atoms with Crippen molar-refractivity contribution in [2.75, 3.05) is 54.0 Å². The average Bonchev–Trinajstić information content (AvgIpc) is 3.34. The Labute approximate surface area is 199 Å². The van der Waals surface area contributed by atoms with Gasteiger partial charge in [0, 0.05) is 43.6 Å². The van der Waals surface area contributed by atoms with Gasteiger partial charge in [-0.25, -0.2) is 0 Å². The van der Waals surface area contributed by atoms with E-state index in [1.807, 2.05) is 36.6 Å². The van der Waals surface area contributed by atoms with E-state index in [0.717, 1.165) is 31.7 Å². The third kappa shape index (κ3) is 6.69. The Kier molecular flexibility index (Phi) is 9.11. The van der Waals surface area contributed by atoms with E-state index in [1.165, 1.54) is 4.88 Å². The molecule has 1 aromatic carbocycles. The summed E-state index contributed by atoms with van der Waals surface area (Å²) < 4.78 is 10.6. The summed E-state index contributed by atoms with van der Waals surface area (Å²) in [5, 5.41) is 7.69. The minimum absolute atomic E-state index is 0.0437. The lowest BCUT2D eigenvalue weighted by Crippen LogP contribution is -2.53. The van der Waals surface area contributed by atoms with Gasteiger partial charge in [0.1, 0.15) is 0 Å². The maximum absolute atomic E-state index is 12.6. The molecular weight excluding hydrogens is 440 g/mol. The Morgan fingerprint density at radius 1 is 1.06 bits per heavy atom. The van der Waals surface area contributed by atoms with Gasteiger partial charge in [-0.1, -0.05) is 12.1 Å². The Morgan fingerprint density at radius 3 is 2.42 bits per heavy atom. The molecule has 1 saturated heterocycles. The number of carbonyl (C=O) groups is 2. The molecule has 8 nitrogen and oxygen atoms in total. The number of rotatable bonds is 9. The molecule has 1 aliphatic rings. The molecule has 0 unspecified atom stereocenters. The Bertz CT molecular complexity index is 913. The molecule has 180 valence electrons. The van der Waals surface area contributed by atoms with E-state index in [4.69, 9.17) is 9.47 Å². The Hall–Kier alpha value is -2.62. The highest BCUT2D eigenvalue weighted by Gasteiger charge is 2.31. The first-order valence-corrected chi connectivity index (χ1v) is 12.1. The summed E-state index contributed by atoms with van der Waals surface area (Å²) in [6, 6.07) is 9.58. The van der Waals surface area contributed by atoms with Gasteiger partial charge in [0.05, 0.1) is 20.3 Å². The molecule has 2 atom stereocenters. The third-order valence-electron chi connectivity index (χ3n) is 5.95. The monoisotopic (exact) mass is 474 g/mol. The van der Waals surface area contributed by atoms with Crippen molar-refractivity contribution < 1.29 is 19.1 Å². The third-order valence-corrected chi connectivity index (χ3v) is 6.89. The lowest BCUT2D eigenvalue weighted by molar-refractivity contribution is -0.139. The first-order valence-electron chi connectivity index (χ1n) is 11.2. The molecule has 2 aromatic rings. The Morgan fingerprint density at radius 2 is 1.79 bits per heavy atom. The van der Waals surface area contributed by atoms with Gasteiger partial charge < -0.3 is 25.0 Å². The van der Waals surface area contributed by atoms with Crippen LogP contribution in [0.2, 0.25) is 0 Å². The molecule has 2 amide bonds. The normalized spacial score (nSPS) is 16.6. The first-order chi connectivity index (χ1) is 15.9. The second-order valence-electron chi connectivity index (χ2n) is 8.26. The Balaban J connectivity index is 1.54. The van der Waals surface area contributed by atoms with Crippen LogP contribution in [0.4, 0.5) is 0 Å². The molecule has 2 N–H and O–H groups in total. The number of carbonyl (C=O) groups excluding carboxylic acids is 2. The maximum Gasteiger partial charge on any atom is 0.309 e. The fraction of sp³-hybridized carbons (Fsp3) is 0.500. The van der Waals surface area contributed by atoms with Crippen molar-refractivity contribution in [3.63, 3.8) is 0 Å². The summed E-state index contributed by atoms with van der Waals surface area (Å²) >= 11 is 1.68. The standard InChI is InChI=1S/C24H34N4O4S/c1-17(22(21-6-5-15-33-21)28-13-11-27(2)12-14-28)26-24(30)23(29)25-10-9-18-7-8-19(31-3)20(16-18)32-4/h5-8,15-17,22H,9-14H2,1-4H3,(H,25,29)(H,26,30)/t17-,22-/m1/s1. The van der Waals surface area contributed by atoms with E-state index < -0.39 is 11.8 Å². The second kappa shape index (κ2) is 12.0. The van der Waals surface area contributed by atoms with Crippen LogP contribution in [0.5, 0.6) is 11.5 Å². The maximum atomic E-state index is 12.6. The van der Waals surface area contributed by atoms with Gasteiger partial charge in [-0.3, -0.25) is 14.5 Å². The zero-order chi connectivity index (χ0) is 23.8. The van der Waals surface area contributed by atoms with E-state index in [-0.39, 0.29) is 12.1 Å². The summed E-state index contributed by atoms with van der Waals surface area (Å²) in [5.74, 6) is 0.0619. The van der Waals surface area contributed by atoms with Crippen LogP contribution >= 0.6 is 11.3 Å². The van der Waals surface area contributed by atoms with Crippen LogP contribution in [0.1, 0.15) is 23.4 Å². The van der Waals surface area contributed by atoms with Gasteiger partial charge >= 0.3 is 11.8 Å². The number of nitrogens with zero attached hydrogens (tertiary/aromatic N) is 2. The summed E-state index contributed by atoms with van der Waals surface area (Å²) in [4.78, 5) is 30.9. The summed E-state index contributed by atoms with van der Waals surface area (Å²) in [6.45, 7) is 6.15.